The summed E-state index contributed by atoms with van der Waals surface area (Å²) in [5.74, 6) is 0. The van der Waals surface area contributed by atoms with E-state index in [4.69, 9.17) is 11.0 Å². The Hall–Kier alpha value is -0.850. The third-order valence-corrected chi connectivity index (χ3v) is 2.66. The zero-order chi connectivity index (χ0) is 8.81. The second-order valence-corrected chi connectivity index (χ2v) is 3.66. The number of unbranched alkanes of at least 4 members (excludes halogenated alkanes) is 1. The van der Waals surface area contributed by atoms with Crippen LogP contribution in [0.15, 0.2) is 11.4 Å². The Labute approximate surface area is 76.6 Å². The summed E-state index contributed by atoms with van der Waals surface area (Å²) in [4.78, 5) is 1.29. The standard InChI is InChI=1S/C9H12N2S/c10-4-2-1-3-9-5-8(6-11)7-12-9/h5,7H,1-4,10H2. The van der Waals surface area contributed by atoms with Gasteiger partial charge in [-0.3, -0.25) is 0 Å². The van der Waals surface area contributed by atoms with Crippen molar-refractivity contribution in [3.05, 3.63) is 21.9 Å². The highest BCUT2D eigenvalue weighted by Gasteiger charge is 1.97. The van der Waals surface area contributed by atoms with Crippen LogP contribution in [0.25, 0.3) is 0 Å². The highest BCUT2D eigenvalue weighted by molar-refractivity contribution is 7.10. The van der Waals surface area contributed by atoms with Crippen molar-refractivity contribution >= 4 is 11.3 Å². The predicted octanol–water partition coefficient (Wildman–Crippen LogP) is 1.90. The fraction of sp³-hybridized carbons (Fsp3) is 0.444. The highest BCUT2D eigenvalue weighted by Crippen LogP contribution is 2.15. The van der Waals surface area contributed by atoms with E-state index in [0.717, 1.165) is 31.4 Å². The van der Waals surface area contributed by atoms with Crippen molar-refractivity contribution in [2.24, 2.45) is 5.73 Å². The van der Waals surface area contributed by atoms with E-state index in [1.54, 1.807) is 11.3 Å². The van der Waals surface area contributed by atoms with E-state index >= 15 is 0 Å². The summed E-state index contributed by atoms with van der Waals surface area (Å²) in [5.41, 5.74) is 6.16. The summed E-state index contributed by atoms with van der Waals surface area (Å²) < 4.78 is 0. The number of rotatable bonds is 4. The molecule has 0 amide bonds. The first-order chi connectivity index (χ1) is 5.86. The first kappa shape index (κ1) is 9.24. The smallest absolute Gasteiger partial charge is 0.1000 e. The lowest BCUT2D eigenvalue weighted by Crippen LogP contribution is -1.98. The van der Waals surface area contributed by atoms with Gasteiger partial charge in [-0.2, -0.15) is 5.26 Å². The third-order valence-electron chi connectivity index (χ3n) is 1.66. The Kier molecular flexibility index (Phi) is 3.78. The molecule has 0 radical (unpaired) electrons. The molecule has 0 saturated heterocycles. The molecule has 0 aliphatic carbocycles. The van der Waals surface area contributed by atoms with E-state index in [1.807, 2.05) is 11.4 Å². The molecule has 64 valence electrons. The van der Waals surface area contributed by atoms with E-state index in [9.17, 15) is 0 Å². The quantitative estimate of drug-likeness (QED) is 0.719. The molecule has 12 heavy (non-hydrogen) atoms. The molecule has 0 atom stereocenters. The second kappa shape index (κ2) is 4.91. The first-order valence-corrected chi connectivity index (χ1v) is 4.92. The lowest BCUT2D eigenvalue weighted by atomic mass is 10.2. The van der Waals surface area contributed by atoms with Crippen LogP contribution in [0.2, 0.25) is 0 Å². The number of nitrogens with two attached hydrogens (primary N) is 1. The fourth-order valence-electron chi connectivity index (χ4n) is 1.01. The van der Waals surface area contributed by atoms with Crippen LogP contribution in [-0.4, -0.2) is 6.54 Å². The van der Waals surface area contributed by atoms with Gasteiger partial charge < -0.3 is 5.73 Å². The van der Waals surface area contributed by atoms with Gasteiger partial charge >= 0.3 is 0 Å². The van der Waals surface area contributed by atoms with Crippen LogP contribution in [0.3, 0.4) is 0 Å². The lowest BCUT2D eigenvalue weighted by molar-refractivity contribution is 0.751. The van der Waals surface area contributed by atoms with Gasteiger partial charge in [0.15, 0.2) is 0 Å². The number of hydrogen-bond donors (Lipinski definition) is 1. The average molecular weight is 180 g/mol. The summed E-state index contributed by atoms with van der Waals surface area (Å²) >= 11 is 1.66. The molecule has 0 spiro atoms. The molecule has 0 fully saturated rings. The number of hydrogen-bond acceptors (Lipinski definition) is 3. The Balaban J connectivity index is 2.38. The van der Waals surface area contributed by atoms with Gasteiger partial charge in [0.25, 0.3) is 0 Å². The molecule has 0 saturated carbocycles. The van der Waals surface area contributed by atoms with Crippen LogP contribution in [0.4, 0.5) is 0 Å². The van der Waals surface area contributed by atoms with Crippen molar-refractivity contribution in [3.8, 4) is 6.07 Å². The van der Waals surface area contributed by atoms with Gasteiger partial charge in [0, 0.05) is 10.3 Å². The molecule has 1 aromatic heterocycles. The van der Waals surface area contributed by atoms with Crippen LogP contribution in [-0.2, 0) is 6.42 Å². The topological polar surface area (TPSA) is 49.8 Å². The van der Waals surface area contributed by atoms with Gasteiger partial charge in [-0.05, 0) is 31.9 Å². The van der Waals surface area contributed by atoms with Crippen LogP contribution in [0, 0.1) is 11.3 Å². The summed E-state index contributed by atoms with van der Waals surface area (Å²) in [6.07, 6.45) is 3.26. The number of aryl methyl sites for hydroxylation is 1. The normalized spacial score (nSPS) is 9.67. The number of nitrogens with zero attached hydrogens (tertiary/aromatic N) is 1. The Bertz CT molecular complexity index is 272. The van der Waals surface area contributed by atoms with Crippen LogP contribution >= 0.6 is 11.3 Å². The van der Waals surface area contributed by atoms with Gasteiger partial charge in [-0.1, -0.05) is 0 Å². The minimum Gasteiger partial charge on any atom is -0.330 e. The van der Waals surface area contributed by atoms with Crippen molar-refractivity contribution in [2.75, 3.05) is 6.54 Å². The van der Waals surface area contributed by atoms with E-state index in [2.05, 4.69) is 6.07 Å². The number of thiophene rings is 1. The Morgan fingerprint density at radius 1 is 1.50 bits per heavy atom. The number of nitriles is 1. The zero-order valence-corrected chi connectivity index (χ0v) is 7.73. The van der Waals surface area contributed by atoms with E-state index in [-0.39, 0.29) is 0 Å². The van der Waals surface area contributed by atoms with Crippen LogP contribution in [0.5, 0.6) is 0 Å². The zero-order valence-electron chi connectivity index (χ0n) is 6.92. The molecule has 0 bridgehead atoms. The molecule has 1 heterocycles. The molecule has 1 aromatic rings. The molecule has 0 aromatic carbocycles. The summed E-state index contributed by atoms with van der Waals surface area (Å²) in [6.45, 7) is 0.760. The maximum absolute atomic E-state index is 8.56. The summed E-state index contributed by atoms with van der Waals surface area (Å²) in [6, 6.07) is 4.08. The summed E-state index contributed by atoms with van der Waals surface area (Å²) in [7, 11) is 0. The van der Waals surface area contributed by atoms with Crippen molar-refractivity contribution in [1.29, 1.82) is 5.26 Å². The molecule has 0 aliphatic rings. The minimum absolute atomic E-state index is 0.760. The molecule has 1 rings (SSSR count). The molecular formula is C9H12N2S. The largest absolute Gasteiger partial charge is 0.330 e. The lowest BCUT2D eigenvalue weighted by Gasteiger charge is -1.93. The van der Waals surface area contributed by atoms with E-state index < -0.39 is 0 Å². The predicted molar refractivity (Wildman–Crippen MR) is 51.0 cm³/mol. The molecule has 3 heteroatoms. The Morgan fingerprint density at radius 2 is 2.33 bits per heavy atom. The van der Waals surface area contributed by atoms with Crippen molar-refractivity contribution in [3.63, 3.8) is 0 Å². The minimum atomic E-state index is 0.760. The third kappa shape index (κ3) is 2.65. The molecule has 0 aliphatic heterocycles. The van der Waals surface area contributed by atoms with Gasteiger partial charge in [-0.25, -0.2) is 0 Å². The van der Waals surface area contributed by atoms with Gasteiger partial charge in [0.2, 0.25) is 0 Å². The van der Waals surface area contributed by atoms with Crippen LogP contribution < -0.4 is 5.73 Å². The van der Waals surface area contributed by atoms with Gasteiger partial charge in [0.05, 0.1) is 11.6 Å². The van der Waals surface area contributed by atoms with Gasteiger partial charge in [0.1, 0.15) is 0 Å². The summed E-state index contributed by atoms with van der Waals surface area (Å²) in [5, 5.41) is 10.5. The maximum atomic E-state index is 8.56. The van der Waals surface area contributed by atoms with Crippen molar-refractivity contribution < 1.29 is 0 Å². The molecular weight excluding hydrogens is 168 g/mol. The van der Waals surface area contributed by atoms with E-state index in [1.165, 1.54) is 4.88 Å². The van der Waals surface area contributed by atoms with Gasteiger partial charge in [-0.15, -0.1) is 11.3 Å². The second-order valence-electron chi connectivity index (χ2n) is 2.66. The fourth-order valence-corrected chi connectivity index (χ4v) is 1.87. The van der Waals surface area contributed by atoms with E-state index in [0.29, 0.717) is 0 Å². The monoisotopic (exact) mass is 180 g/mol. The van der Waals surface area contributed by atoms with Crippen LogP contribution in [0.1, 0.15) is 23.3 Å². The molecule has 0 unspecified atom stereocenters. The first-order valence-electron chi connectivity index (χ1n) is 4.04. The molecule has 2 nitrogen and oxygen atoms in total. The highest BCUT2D eigenvalue weighted by atomic mass is 32.1. The molecule has 2 N–H and O–H groups in total. The van der Waals surface area contributed by atoms with Crippen molar-refractivity contribution in [1.82, 2.24) is 0 Å². The Morgan fingerprint density at radius 3 is 2.92 bits per heavy atom. The van der Waals surface area contributed by atoms with Crippen molar-refractivity contribution in [2.45, 2.75) is 19.3 Å². The maximum Gasteiger partial charge on any atom is 0.1000 e. The average Bonchev–Trinajstić information content (AvgIpc) is 2.53. The SMILES string of the molecule is N#Cc1csc(CCCCN)c1.